The van der Waals surface area contributed by atoms with Crippen molar-refractivity contribution in [1.82, 2.24) is 19.6 Å². The van der Waals surface area contributed by atoms with Gasteiger partial charge in [0.15, 0.2) is 0 Å². The van der Waals surface area contributed by atoms with Crippen LogP contribution in [0.25, 0.3) is 5.78 Å². The number of hydrogen-bond acceptors (Lipinski definition) is 6. The standard InChI is InChI=1S/C18H15N5OS2/c1-12-9-17(23-18(21-12)19-11-20-23)26-14-6-4-13(5-7-14)22-16(24)10-15-3-2-8-25-15/h2-9,11H,10H2,1H3,(H,22,24). The zero-order valence-electron chi connectivity index (χ0n) is 13.9. The minimum absolute atomic E-state index is 0.0121. The molecule has 0 saturated heterocycles. The van der Waals surface area contributed by atoms with Gasteiger partial charge in [-0.2, -0.15) is 14.6 Å². The predicted octanol–water partition coefficient (Wildman–Crippen LogP) is 3.83. The Balaban J connectivity index is 1.45. The summed E-state index contributed by atoms with van der Waals surface area (Å²) in [6.07, 6.45) is 1.90. The molecule has 0 saturated carbocycles. The summed E-state index contributed by atoms with van der Waals surface area (Å²) >= 11 is 3.16. The van der Waals surface area contributed by atoms with E-state index in [1.54, 1.807) is 27.6 Å². The molecule has 130 valence electrons. The van der Waals surface area contributed by atoms with Crippen molar-refractivity contribution in [3.8, 4) is 0 Å². The summed E-state index contributed by atoms with van der Waals surface area (Å²) in [5, 5.41) is 10.1. The highest BCUT2D eigenvalue weighted by molar-refractivity contribution is 7.99. The van der Waals surface area contributed by atoms with Crippen molar-refractivity contribution in [2.45, 2.75) is 23.3 Å². The van der Waals surface area contributed by atoms with Crippen molar-refractivity contribution in [3.63, 3.8) is 0 Å². The maximum Gasteiger partial charge on any atom is 0.253 e. The molecule has 0 aliphatic rings. The zero-order chi connectivity index (χ0) is 17.9. The van der Waals surface area contributed by atoms with E-state index in [9.17, 15) is 4.79 Å². The number of fused-ring (bicyclic) bond motifs is 1. The van der Waals surface area contributed by atoms with Crippen LogP contribution in [0.1, 0.15) is 10.6 Å². The van der Waals surface area contributed by atoms with Gasteiger partial charge in [0.2, 0.25) is 5.91 Å². The zero-order valence-corrected chi connectivity index (χ0v) is 15.5. The molecule has 0 aliphatic heterocycles. The quantitative estimate of drug-likeness (QED) is 0.532. The van der Waals surface area contributed by atoms with E-state index in [1.807, 2.05) is 54.8 Å². The molecule has 3 heterocycles. The van der Waals surface area contributed by atoms with E-state index >= 15 is 0 Å². The molecule has 0 fully saturated rings. The molecule has 3 aromatic heterocycles. The maximum atomic E-state index is 12.1. The Kier molecular flexibility index (Phi) is 4.68. The van der Waals surface area contributed by atoms with Crippen LogP contribution in [0, 0.1) is 6.92 Å². The molecule has 0 aliphatic carbocycles. The van der Waals surface area contributed by atoms with E-state index in [4.69, 9.17) is 0 Å². The molecule has 0 bridgehead atoms. The number of carbonyl (C=O) groups excluding carboxylic acids is 1. The first-order chi connectivity index (χ1) is 12.7. The fourth-order valence-corrected chi connectivity index (χ4v) is 4.14. The lowest BCUT2D eigenvalue weighted by molar-refractivity contribution is -0.115. The maximum absolute atomic E-state index is 12.1. The van der Waals surface area contributed by atoms with E-state index in [2.05, 4.69) is 20.4 Å². The van der Waals surface area contributed by atoms with Gasteiger partial charge in [0.1, 0.15) is 11.4 Å². The molecule has 26 heavy (non-hydrogen) atoms. The first-order valence-corrected chi connectivity index (χ1v) is 9.64. The number of benzene rings is 1. The first kappa shape index (κ1) is 16.7. The molecule has 8 heteroatoms. The van der Waals surface area contributed by atoms with Crippen molar-refractivity contribution < 1.29 is 4.79 Å². The van der Waals surface area contributed by atoms with Gasteiger partial charge in [-0.25, -0.2) is 4.98 Å². The summed E-state index contributed by atoms with van der Waals surface area (Å²) in [6.45, 7) is 1.94. The number of carbonyl (C=O) groups is 1. The SMILES string of the molecule is Cc1cc(Sc2ccc(NC(=O)Cc3cccs3)cc2)n2ncnc2n1. The third kappa shape index (κ3) is 3.76. The molecular formula is C18H15N5OS2. The average Bonchev–Trinajstić information content (AvgIpc) is 3.28. The van der Waals surface area contributed by atoms with E-state index in [0.29, 0.717) is 12.2 Å². The van der Waals surface area contributed by atoms with Crippen LogP contribution in [0.3, 0.4) is 0 Å². The van der Waals surface area contributed by atoms with Crippen LogP contribution in [0.4, 0.5) is 5.69 Å². The van der Waals surface area contributed by atoms with Gasteiger partial charge in [-0.05, 0) is 48.7 Å². The predicted molar refractivity (Wildman–Crippen MR) is 103 cm³/mol. The largest absolute Gasteiger partial charge is 0.326 e. The number of nitrogens with zero attached hydrogens (tertiary/aromatic N) is 4. The van der Waals surface area contributed by atoms with Gasteiger partial charge in [-0.3, -0.25) is 4.79 Å². The molecule has 1 amide bonds. The molecule has 4 aromatic rings. The topological polar surface area (TPSA) is 72.2 Å². The monoisotopic (exact) mass is 381 g/mol. The lowest BCUT2D eigenvalue weighted by Gasteiger charge is -2.07. The fourth-order valence-electron chi connectivity index (χ4n) is 2.47. The highest BCUT2D eigenvalue weighted by atomic mass is 32.2. The Hall–Kier alpha value is -2.71. The van der Waals surface area contributed by atoms with E-state index in [-0.39, 0.29) is 5.91 Å². The average molecular weight is 381 g/mol. The minimum Gasteiger partial charge on any atom is -0.326 e. The van der Waals surface area contributed by atoms with Crippen molar-refractivity contribution in [2.24, 2.45) is 0 Å². The Labute approximate surface area is 158 Å². The van der Waals surface area contributed by atoms with Gasteiger partial charge < -0.3 is 5.32 Å². The molecule has 0 unspecified atom stereocenters. The Bertz CT molecular complexity index is 1040. The van der Waals surface area contributed by atoms with Crippen molar-refractivity contribution >= 4 is 40.5 Å². The van der Waals surface area contributed by atoms with Gasteiger partial charge in [0.05, 0.1) is 6.42 Å². The normalized spacial score (nSPS) is 11.0. The van der Waals surface area contributed by atoms with Gasteiger partial charge in [-0.1, -0.05) is 17.8 Å². The molecule has 4 rings (SSSR count). The van der Waals surface area contributed by atoms with Crippen molar-refractivity contribution in [1.29, 1.82) is 0 Å². The molecule has 6 nitrogen and oxygen atoms in total. The molecule has 1 aromatic carbocycles. The van der Waals surface area contributed by atoms with Crippen LogP contribution in [-0.4, -0.2) is 25.5 Å². The van der Waals surface area contributed by atoms with E-state index < -0.39 is 0 Å². The number of anilines is 1. The number of aromatic nitrogens is 4. The van der Waals surface area contributed by atoms with Crippen LogP contribution in [0.2, 0.25) is 0 Å². The summed E-state index contributed by atoms with van der Waals surface area (Å²) in [5.74, 6) is 0.576. The third-order valence-corrected chi connectivity index (χ3v) is 5.51. The van der Waals surface area contributed by atoms with E-state index in [0.717, 1.165) is 26.2 Å². The lowest BCUT2D eigenvalue weighted by atomic mass is 10.3. The van der Waals surface area contributed by atoms with Gasteiger partial charge >= 0.3 is 0 Å². The molecular weight excluding hydrogens is 366 g/mol. The van der Waals surface area contributed by atoms with Crippen LogP contribution in [0.15, 0.2) is 64.1 Å². The Morgan fingerprint density at radius 1 is 1.27 bits per heavy atom. The Morgan fingerprint density at radius 2 is 2.12 bits per heavy atom. The van der Waals surface area contributed by atoms with Crippen LogP contribution < -0.4 is 5.32 Å². The van der Waals surface area contributed by atoms with E-state index in [1.165, 1.54) is 6.33 Å². The summed E-state index contributed by atoms with van der Waals surface area (Å²) in [4.78, 5) is 22.7. The molecule has 0 radical (unpaired) electrons. The molecule has 0 spiro atoms. The fraction of sp³-hybridized carbons (Fsp3) is 0.111. The van der Waals surface area contributed by atoms with Crippen molar-refractivity contribution in [2.75, 3.05) is 5.32 Å². The summed E-state index contributed by atoms with van der Waals surface area (Å²) in [5.41, 5.74) is 1.68. The second-order valence-corrected chi connectivity index (χ2v) is 7.76. The minimum atomic E-state index is -0.0121. The second-order valence-electron chi connectivity index (χ2n) is 5.64. The highest BCUT2D eigenvalue weighted by Gasteiger charge is 2.08. The number of nitrogens with one attached hydrogen (secondary N) is 1. The van der Waals surface area contributed by atoms with Crippen LogP contribution in [-0.2, 0) is 11.2 Å². The first-order valence-electron chi connectivity index (χ1n) is 7.95. The van der Waals surface area contributed by atoms with Crippen molar-refractivity contribution in [3.05, 3.63) is 64.7 Å². The summed E-state index contributed by atoms with van der Waals surface area (Å²) in [6, 6.07) is 13.7. The second kappa shape index (κ2) is 7.27. The Morgan fingerprint density at radius 3 is 2.88 bits per heavy atom. The molecule has 0 atom stereocenters. The van der Waals surface area contributed by atoms with Gasteiger partial charge in [-0.15, -0.1) is 11.3 Å². The summed E-state index contributed by atoms with van der Waals surface area (Å²) in [7, 11) is 0. The smallest absolute Gasteiger partial charge is 0.253 e. The number of thiophene rings is 1. The number of amides is 1. The van der Waals surface area contributed by atoms with Gasteiger partial charge in [0, 0.05) is 21.2 Å². The highest BCUT2D eigenvalue weighted by Crippen LogP contribution is 2.28. The van der Waals surface area contributed by atoms with Crippen LogP contribution in [0.5, 0.6) is 0 Å². The lowest BCUT2D eigenvalue weighted by Crippen LogP contribution is -2.13. The van der Waals surface area contributed by atoms with Gasteiger partial charge in [0.25, 0.3) is 5.78 Å². The number of hydrogen-bond donors (Lipinski definition) is 1. The number of aryl methyl sites for hydroxylation is 1. The number of rotatable bonds is 5. The summed E-state index contributed by atoms with van der Waals surface area (Å²) < 4.78 is 1.72. The molecule has 1 N–H and O–H groups in total. The third-order valence-electron chi connectivity index (χ3n) is 3.62. The van der Waals surface area contributed by atoms with Crippen LogP contribution >= 0.6 is 23.1 Å².